The molecule has 21 heavy (non-hydrogen) atoms. The largest absolute Gasteiger partial charge is 0.495 e. The quantitative estimate of drug-likeness (QED) is 0.897. The number of amides is 1. The fourth-order valence-electron chi connectivity index (χ4n) is 1.73. The van der Waals surface area contributed by atoms with E-state index in [9.17, 15) is 13.2 Å². The van der Waals surface area contributed by atoms with Gasteiger partial charge in [0.15, 0.2) is 0 Å². The number of nitrogens with two attached hydrogens (primary N) is 1. The first-order valence-corrected chi connectivity index (χ1v) is 8.26. The van der Waals surface area contributed by atoms with Gasteiger partial charge in [0.05, 0.1) is 12.0 Å². The van der Waals surface area contributed by atoms with E-state index in [0.29, 0.717) is 10.6 Å². The van der Waals surface area contributed by atoms with Gasteiger partial charge < -0.3 is 10.1 Å². The summed E-state index contributed by atoms with van der Waals surface area (Å²) in [4.78, 5) is 13.4. The normalized spacial score (nSPS) is 11.2. The number of ether oxygens (including phenoxy) is 1. The Kier molecular flexibility index (Phi) is 4.31. The molecular formula is C13H14N2O4S2. The summed E-state index contributed by atoms with van der Waals surface area (Å²) in [7, 11) is -2.59. The van der Waals surface area contributed by atoms with E-state index in [-0.39, 0.29) is 16.6 Å². The maximum Gasteiger partial charge on any atom is 0.265 e. The van der Waals surface area contributed by atoms with Crippen LogP contribution in [0.15, 0.2) is 35.2 Å². The molecular weight excluding hydrogens is 312 g/mol. The van der Waals surface area contributed by atoms with Crippen LogP contribution in [-0.2, 0) is 10.0 Å². The van der Waals surface area contributed by atoms with Gasteiger partial charge in [-0.15, -0.1) is 11.3 Å². The van der Waals surface area contributed by atoms with Crippen molar-refractivity contribution in [1.29, 1.82) is 0 Å². The molecule has 1 aromatic carbocycles. The fourth-order valence-corrected chi connectivity index (χ4v) is 3.21. The Hall–Kier alpha value is -1.90. The van der Waals surface area contributed by atoms with Crippen LogP contribution in [0.3, 0.4) is 0 Å². The van der Waals surface area contributed by atoms with Crippen molar-refractivity contribution in [1.82, 2.24) is 0 Å². The van der Waals surface area contributed by atoms with E-state index in [2.05, 4.69) is 5.32 Å². The van der Waals surface area contributed by atoms with Gasteiger partial charge in [-0.25, -0.2) is 13.6 Å². The minimum atomic E-state index is -3.94. The highest BCUT2D eigenvalue weighted by atomic mass is 32.2. The van der Waals surface area contributed by atoms with Crippen molar-refractivity contribution in [3.05, 3.63) is 40.1 Å². The number of methoxy groups -OCH3 is 1. The molecule has 0 radical (unpaired) electrons. The first kappa shape index (κ1) is 15.5. The Bertz CT molecular complexity index is 781. The molecule has 0 saturated carbocycles. The number of carbonyl (C=O) groups excluding carboxylic acids is 1. The summed E-state index contributed by atoms with van der Waals surface area (Å²) < 4.78 is 28.0. The first-order chi connectivity index (χ1) is 9.81. The summed E-state index contributed by atoms with van der Waals surface area (Å²) in [6.45, 7) is 1.90. The summed E-state index contributed by atoms with van der Waals surface area (Å²) in [6.07, 6.45) is 0. The smallest absolute Gasteiger partial charge is 0.265 e. The molecule has 8 heteroatoms. The summed E-state index contributed by atoms with van der Waals surface area (Å²) in [5, 5.41) is 7.76. The summed E-state index contributed by atoms with van der Waals surface area (Å²) in [5.74, 6) is -0.180. The second-order valence-corrected chi connectivity index (χ2v) is 7.09. The van der Waals surface area contributed by atoms with E-state index in [0.717, 1.165) is 4.88 Å². The lowest BCUT2D eigenvalue weighted by molar-refractivity contribution is 0.103. The average Bonchev–Trinajstić information content (AvgIpc) is 2.84. The van der Waals surface area contributed by atoms with Crippen molar-refractivity contribution in [2.24, 2.45) is 5.14 Å². The number of hydrogen-bond acceptors (Lipinski definition) is 5. The Morgan fingerprint density at radius 3 is 2.52 bits per heavy atom. The first-order valence-electron chi connectivity index (χ1n) is 5.90. The van der Waals surface area contributed by atoms with Crippen LogP contribution in [0.1, 0.15) is 14.5 Å². The molecule has 1 heterocycles. The average molecular weight is 326 g/mol. The number of anilines is 1. The van der Waals surface area contributed by atoms with E-state index >= 15 is 0 Å². The summed E-state index contributed by atoms with van der Waals surface area (Å²) in [5.41, 5.74) is 0.330. The van der Waals surface area contributed by atoms with Crippen molar-refractivity contribution < 1.29 is 17.9 Å². The molecule has 0 aliphatic carbocycles. The number of carbonyl (C=O) groups is 1. The predicted octanol–water partition coefficient (Wildman–Crippen LogP) is 1.96. The van der Waals surface area contributed by atoms with Gasteiger partial charge in [0.2, 0.25) is 10.0 Å². The highest BCUT2D eigenvalue weighted by molar-refractivity contribution is 7.89. The van der Waals surface area contributed by atoms with Gasteiger partial charge in [0.25, 0.3) is 5.91 Å². The lowest BCUT2D eigenvalue weighted by Gasteiger charge is -2.09. The lowest BCUT2D eigenvalue weighted by atomic mass is 10.3. The number of primary sulfonamides is 1. The van der Waals surface area contributed by atoms with Crippen LogP contribution in [0.5, 0.6) is 5.75 Å². The zero-order valence-corrected chi connectivity index (χ0v) is 13.0. The lowest BCUT2D eigenvalue weighted by Crippen LogP contribution is -2.15. The number of sulfonamides is 1. The number of benzene rings is 1. The molecule has 2 rings (SSSR count). The maximum absolute atomic E-state index is 12.0. The van der Waals surface area contributed by atoms with Gasteiger partial charge in [-0.3, -0.25) is 4.79 Å². The predicted molar refractivity (Wildman–Crippen MR) is 81.4 cm³/mol. The monoisotopic (exact) mass is 326 g/mol. The number of aryl methyl sites for hydroxylation is 1. The zero-order chi connectivity index (χ0) is 15.6. The van der Waals surface area contributed by atoms with Crippen LogP contribution in [0.25, 0.3) is 0 Å². The second-order valence-electron chi connectivity index (χ2n) is 4.28. The molecule has 0 atom stereocenters. The molecule has 2 aromatic rings. The van der Waals surface area contributed by atoms with Crippen LogP contribution >= 0.6 is 11.3 Å². The number of nitrogens with one attached hydrogen (secondary N) is 1. The maximum atomic E-state index is 12.0. The van der Waals surface area contributed by atoms with Crippen LogP contribution in [0.4, 0.5) is 5.69 Å². The third-order valence-electron chi connectivity index (χ3n) is 2.69. The summed E-state index contributed by atoms with van der Waals surface area (Å²) >= 11 is 1.35. The van der Waals surface area contributed by atoms with Crippen molar-refractivity contribution in [3.63, 3.8) is 0 Å². The number of hydrogen-bond donors (Lipinski definition) is 2. The molecule has 0 unspecified atom stereocenters. The molecule has 0 fully saturated rings. The van der Waals surface area contributed by atoms with Crippen molar-refractivity contribution >= 4 is 33.0 Å². The molecule has 0 aliphatic heterocycles. The van der Waals surface area contributed by atoms with Gasteiger partial charge in [-0.2, -0.15) is 0 Å². The molecule has 0 bridgehead atoms. The second kappa shape index (κ2) is 5.84. The van der Waals surface area contributed by atoms with E-state index < -0.39 is 10.0 Å². The Labute approximate surface area is 126 Å². The van der Waals surface area contributed by atoms with Crippen LogP contribution < -0.4 is 15.2 Å². The van der Waals surface area contributed by atoms with Gasteiger partial charge in [-0.1, -0.05) is 0 Å². The van der Waals surface area contributed by atoms with Gasteiger partial charge in [0.1, 0.15) is 10.6 Å². The Morgan fingerprint density at radius 1 is 1.29 bits per heavy atom. The Balaban J connectivity index is 2.31. The third-order valence-corrected chi connectivity index (χ3v) is 4.62. The molecule has 0 aliphatic rings. The van der Waals surface area contributed by atoms with Crippen LogP contribution in [0, 0.1) is 6.92 Å². The van der Waals surface area contributed by atoms with E-state index in [4.69, 9.17) is 9.88 Å². The Morgan fingerprint density at radius 2 is 2.00 bits per heavy atom. The van der Waals surface area contributed by atoms with Crippen LogP contribution in [-0.4, -0.2) is 21.4 Å². The highest BCUT2D eigenvalue weighted by Crippen LogP contribution is 2.26. The highest BCUT2D eigenvalue weighted by Gasteiger charge is 2.17. The zero-order valence-electron chi connectivity index (χ0n) is 11.4. The summed E-state index contributed by atoms with van der Waals surface area (Å²) in [6, 6.07) is 7.80. The van der Waals surface area contributed by atoms with Gasteiger partial charge in [0, 0.05) is 10.6 Å². The van der Waals surface area contributed by atoms with E-state index in [1.807, 2.05) is 13.0 Å². The minimum absolute atomic E-state index is 0.127. The number of thiophene rings is 1. The van der Waals surface area contributed by atoms with E-state index in [1.165, 1.54) is 30.6 Å². The molecule has 0 spiro atoms. The number of rotatable bonds is 4. The topological polar surface area (TPSA) is 98.5 Å². The molecule has 1 aromatic heterocycles. The molecule has 112 valence electrons. The van der Waals surface area contributed by atoms with E-state index in [1.54, 1.807) is 12.1 Å². The SMILES string of the molecule is COc1ccc(NC(=O)c2ccc(C)s2)cc1S(N)(=O)=O. The fraction of sp³-hybridized carbons (Fsp3) is 0.154. The molecule has 3 N–H and O–H groups in total. The van der Waals surface area contributed by atoms with Crippen molar-refractivity contribution in [2.75, 3.05) is 12.4 Å². The van der Waals surface area contributed by atoms with Gasteiger partial charge in [-0.05, 0) is 37.3 Å². The van der Waals surface area contributed by atoms with Crippen molar-refractivity contribution in [3.8, 4) is 5.75 Å². The molecule has 1 amide bonds. The van der Waals surface area contributed by atoms with Crippen LogP contribution in [0.2, 0.25) is 0 Å². The standard InChI is InChI=1S/C13H14N2O4S2/c1-8-3-6-11(20-8)13(16)15-9-4-5-10(19-2)12(7-9)21(14,17)18/h3-7H,1-2H3,(H,15,16)(H2,14,17,18). The van der Waals surface area contributed by atoms with Gasteiger partial charge >= 0.3 is 0 Å². The molecule has 6 nitrogen and oxygen atoms in total. The third kappa shape index (κ3) is 3.60. The van der Waals surface area contributed by atoms with Crippen molar-refractivity contribution in [2.45, 2.75) is 11.8 Å². The molecule has 0 saturated heterocycles. The minimum Gasteiger partial charge on any atom is -0.495 e.